The van der Waals surface area contributed by atoms with Gasteiger partial charge in [0.25, 0.3) is 5.91 Å². The number of rotatable bonds is 5. The van der Waals surface area contributed by atoms with Crippen LogP contribution in [0.15, 0.2) is 42.6 Å². The van der Waals surface area contributed by atoms with Crippen molar-refractivity contribution in [2.45, 2.75) is 0 Å². The first-order chi connectivity index (χ1) is 12.2. The van der Waals surface area contributed by atoms with E-state index in [4.69, 9.17) is 9.47 Å². The second-order valence-electron chi connectivity index (χ2n) is 5.70. The number of aromatic amines is 1. The lowest BCUT2D eigenvalue weighted by atomic mass is 10.2. The number of H-pyrrole nitrogens is 1. The predicted molar refractivity (Wildman–Crippen MR) is 92.9 cm³/mol. The van der Waals surface area contributed by atoms with Gasteiger partial charge in [0.15, 0.2) is 6.61 Å². The second kappa shape index (κ2) is 7.74. The van der Waals surface area contributed by atoms with E-state index in [1.165, 1.54) is 0 Å². The lowest BCUT2D eigenvalue weighted by molar-refractivity contribution is -0.134. The van der Waals surface area contributed by atoms with E-state index in [2.05, 4.69) is 9.88 Å². The van der Waals surface area contributed by atoms with Crippen molar-refractivity contribution in [1.29, 1.82) is 0 Å². The number of nitrogens with one attached hydrogen (secondary N) is 1. The number of esters is 1. The fourth-order valence-corrected chi connectivity index (χ4v) is 2.84. The van der Waals surface area contributed by atoms with Gasteiger partial charge in [-0.1, -0.05) is 12.1 Å². The minimum absolute atomic E-state index is 0.181. The van der Waals surface area contributed by atoms with Gasteiger partial charge in [-0.25, -0.2) is 4.79 Å². The van der Waals surface area contributed by atoms with E-state index in [0.29, 0.717) is 31.9 Å². The first-order valence-electron chi connectivity index (χ1n) is 8.15. The molecule has 25 heavy (non-hydrogen) atoms. The molecular formula is C18H21N3O4. The molecule has 1 fully saturated rings. The second-order valence-corrected chi connectivity index (χ2v) is 5.70. The van der Waals surface area contributed by atoms with Crippen LogP contribution < -0.4 is 9.64 Å². The summed E-state index contributed by atoms with van der Waals surface area (Å²) >= 11 is 0. The molecule has 1 aromatic carbocycles. The highest BCUT2D eigenvalue weighted by molar-refractivity contribution is 5.89. The van der Waals surface area contributed by atoms with Crippen molar-refractivity contribution in [1.82, 2.24) is 9.88 Å². The van der Waals surface area contributed by atoms with E-state index in [0.717, 1.165) is 11.4 Å². The zero-order chi connectivity index (χ0) is 17.6. The quantitative estimate of drug-likeness (QED) is 0.834. The monoisotopic (exact) mass is 343 g/mol. The van der Waals surface area contributed by atoms with E-state index < -0.39 is 5.97 Å². The lowest BCUT2D eigenvalue weighted by Crippen LogP contribution is -2.50. The standard InChI is InChI=1S/C18H21N3O4/c1-24-16-7-3-2-6-15(16)20-9-11-21(12-10-20)17(22)13-25-18(23)14-5-4-8-19-14/h2-8,19H,9-13H2,1H3. The van der Waals surface area contributed by atoms with E-state index in [9.17, 15) is 9.59 Å². The summed E-state index contributed by atoms with van der Waals surface area (Å²) in [6.45, 7) is 2.33. The third kappa shape index (κ3) is 3.93. The van der Waals surface area contributed by atoms with Crippen LogP contribution in [0.4, 0.5) is 5.69 Å². The zero-order valence-corrected chi connectivity index (χ0v) is 14.1. The lowest BCUT2D eigenvalue weighted by Gasteiger charge is -2.36. The molecule has 0 unspecified atom stereocenters. The van der Waals surface area contributed by atoms with Crippen molar-refractivity contribution in [2.24, 2.45) is 0 Å². The summed E-state index contributed by atoms with van der Waals surface area (Å²) < 4.78 is 10.4. The maximum atomic E-state index is 12.2. The summed E-state index contributed by atoms with van der Waals surface area (Å²) in [5, 5.41) is 0. The van der Waals surface area contributed by atoms with Crippen molar-refractivity contribution >= 4 is 17.6 Å². The normalized spacial score (nSPS) is 14.3. The van der Waals surface area contributed by atoms with Crippen molar-refractivity contribution in [3.63, 3.8) is 0 Å². The van der Waals surface area contributed by atoms with Gasteiger partial charge >= 0.3 is 5.97 Å². The molecule has 0 saturated carbocycles. The highest BCUT2D eigenvalue weighted by atomic mass is 16.5. The maximum absolute atomic E-state index is 12.2. The zero-order valence-electron chi connectivity index (χ0n) is 14.1. The highest BCUT2D eigenvalue weighted by Crippen LogP contribution is 2.28. The summed E-state index contributed by atoms with van der Waals surface area (Å²) in [7, 11) is 1.65. The van der Waals surface area contributed by atoms with Crippen molar-refractivity contribution in [2.75, 3.05) is 44.8 Å². The number of para-hydroxylation sites is 2. The van der Waals surface area contributed by atoms with Gasteiger partial charge in [0.2, 0.25) is 0 Å². The number of anilines is 1. The molecule has 7 heteroatoms. The van der Waals surface area contributed by atoms with Gasteiger partial charge in [-0.2, -0.15) is 0 Å². The van der Waals surface area contributed by atoms with E-state index in [1.807, 2.05) is 24.3 Å². The van der Waals surface area contributed by atoms with E-state index in [-0.39, 0.29) is 12.5 Å². The molecule has 0 radical (unpaired) electrons. The molecule has 0 spiro atoms. The number of aromatic nitrogens is 1. The van der Waals surface area contributed by atoms with Gasteiger partial charge in [-0.05, 0) is 24.3 Å². The Morgan fingerprint density at radius 3 is 2.52 bits per heavy atom. The third-order valence-electron chi connectivity index (χ3n) is 4.20. The molecule has 1 N–H and O–H groups in total. The fraction of sp³-hybridized carbons (Fsp3) is 0.333. The van der Waals surface area contributed by atoms with Crippen LogP contribution in [0.25, 0.3) is 0 Å². The van der Waals surface area contributed by atoms with Gasteiger partial charge in [-0.15, -0.1) is 0 Å². The van der Waals surface area contributed by atoms with E-state index in [1.54, 1.807) is 30.3 Å². The fourth-order valence-electron chi connectivity index (χ4n) is 2.84. The number of carbonyl (C=O) groups excluding carboxylic acids is 2. The molecule has 1 aromatic heterocycles. The molecule has 2 heterocycles. The average Bonchev–Trinajstić information content (AvgIpc) is 3.21. The number of ether oxygens (including phenoxy) is 2. The number of benzene rings is 1. The topological polar surface area (TPSA) is 74.9 Å². The highest BCUT2D eigenvalue weighted by Gasteiger charge is 2.23. The average molecular weight is 343 g/mol. The molecule has 7 nitrogen and oxygen atoms in total. The summed E-state index contributed by atoms with van der Waals surface area (Å²) in [5.41, 5.74) is 1.36. The molecule has 1 aliphatic rings. The van der Waals surface area contributed by atoms with Crippen LogP contribution in [0, 0.1) is 0 Å². The first kappa shape index (κ1) is 16.9. The Morgan fingerprint density at radius 1 is 1.08 bits per heavy atom. The number of hydrogen-bond acceptors (Lipinski definition) is 5. The molecule has 132 valence electrons. The molecule has 1 saturated heterocycles. The van der Waals surface area contributed by atoms with Crippen LogP contribution in [0.3, 0.4) is 0 Å². The van der Waals surface area contributed by atoms with Gasteiger partial charge in [0.1, 0.15) is 11.4 Å². The Balaban J connectivity index is 1.50. The molecule has 0 atom stereocenters. The summed E-state index contributed by atoms with van der Waals surface area (Å²) in [5.74, 6) is 0.118. The number of methoxy groups -OCH3 is 1. The Morgan fingerprint density at radius 2 is 1.84 bits per heavy atom. The SMILES string of the molecule is COc1ccccc1N1CCN(C(=O)COC(=O)c2ccc[nH]2)CC1. The smallest absolute Gasteiger partial charge is 0.355 e. The Bertz CT molecular complexity index is 722. The first-order valence-corrected chi connectivity index (χ1v) is 8.15. The molecule has 1 amide bonds. The summed E-state index contributed by atoms with van der Waals surface area (Å²) in [6, 6.07) is 11.1. The van der Waals surface area contributed by atoms with Crippen LogP contribution in [-0.4, -0.2) is 61.7 Å². The number of piperazine rings is 1. The Labute approximate surface area is 146 Å². The molecule has 0 bridgehead atoms. The predicted octanol–water partition coefficient (Wildman–Crippen LogP) is 1.53. The summed E-state index contributed by atoms with van der Waals surface area (Å²) in [4.78, 5) is 30.6. The van der Waals surface area contributed by atoms with E-state index >= 15 is 0 Å². The number of amides is 1. The Kier molecular flexibility index (Phi) is 5.23. The van der Waals surface area contributed by atoms with Crippen LogP contribution >= 0.6 is 0 Å². The minimum atomic E-state index is -0.522. The number of carbonyl (C=O) groups is 2. The van der Waals surface area contributed by atoms with Crippen molar-refractivity contribution in [3.8, 4) is 5.75 Å². The molecular weight excluding hydrogens is 322 g/mol. The largest absolute Gasteiger partial charge is 0.495 e. The van der Waals surface area contributed by atoms with Gasteiger partial charge in [-0.3, -0.25) is 4.79 Å². The molecule has 1 aliphatic heterocycles. The Hall–Kier alpha value is -2.96. The van der Waals surface area contributed by atoms with Crippen molar-refractivity contribution in [3.05, 3.63) is 48.3 Å². The molecule has 3 rings (SSSR count). The van der Waals surface area contributed by atoms with Gasteiger partial charge in [0, 0.05) is 32.4 Å². The summed E-state index contributed by atoms with van der Waals surface area (Å²) in [6.07, 6.45) is 1.63. The van der Waals surface area contributed by atoms with Gasteiger partial charge in [0.05, 0.1) is 12.8 Å². The van der Waals surface area contributed by atoms with Crippen LogP contribution in [0.1, 0.15) is 10.5 Å². The third-order valence-corrected chi connectivity index (χ3v) is 4.20. The van der Waals surface area contributed by atoms with Crippen LogP contribution in [-0.2, 0) is 9.53 Å². The number of nitrogens with zero attached hydrogens (tertiary/aromatic N) is 2. The molecule has 0 aliphatic carbocycles. The van der Waals surface area contributed by atoms with Crippen molar-refractivity contribution < 1.29 is 19.1 Å². The van der Waals surface area contributed by atoms with Crippen LogP contribution in [0.2, 0.25) is 0 Å². The van der Waals surface area contributed by atoms with Gasteiger partial charge < -0.3 is 24.3 Å². The molecule has 2 aromatic rings. The maximum Gasteiger partial charge on any atom is 0.355 e. The minimum Gasteiger partial charge on any atom is -0.495 e. The number of hydrogen-bond donors (Lipinski definition) is 1. The van der Waals surface area contributed by atoms with Crippen LogP contribution in [0.5, 0.6) is 5.75 Å².